The van der Waals surface area contributed by atoms with Gasteiger partial charge in [0.25, 0.3) is 0 Å². The van der Waals surface area contributed by atoms with Gasteiger partial charge in [0, 0.05) is 24.3 Å². The van der Waals surface area contributed by atoms with Crippen LogP contribution in [0.1, 0.15) is 125 Å². The highest BCUT2D eigenvalue weighted by molar-refractivity contribution is 5.49. The van der Waals surface area contributed by atoms with E-state index in [1.165, 1.54) is 88.5 Å². The van der Waals surface area contributed by atoms with Crippen LogP contribution in [0.5, 0.6) is 0 Å². The van der Waals surface area contributed by atoms with E-state index in [0.29, 0.717) is 27.7 Å². The normalized spacial score (nSPS) is 23.6. The van der Waals surface area contributed by atoms with Crippen LogP contribution in [0.3, 0.4) is 0 Å². The predicted octanol–water partition coefficient (Wildman–Crippen LogP) is 9.50. The van der Waals surface area contributed by atoms with Gasteiger partial charge in [-0.1, -0.05) is 80.4 Å². The van der Waals surface area contributed by atoms with E-state index < -0.39 is 0 Å². The molecule has 0 radical (unpaired) electrons. The molecule has 2 heteroatoms. The topological polar surface area (TPSA) is 6.48 Å². The molecule has 36 heavy (non-hydrogen) atoms. The second-order valence-electron chi connectivity index (χ2n) is 16.1. The van der Waals surface area contributed by atoms with Gasteiger partial charge in [0.2, 0.25) is 0 Å². The average Bonchev–Trinajstić information content (AvgIpc) is 2.68. The maximum absolute atomic E-state index is 2.79. The third-order valence-corrected chi connectivity index (χ3v) is 9.12. The molecule has 0 aromatic heterocycles. The molecule has 0 bridgehead atoms. The van der Waals surface area contributed by atoms with Crippen molar-refractivity contribution < 1.29 is 0 Å². The minimum absolute atomic E-state index is 0.418. The fourth-order valence-corrected chi connectivity index (χ4v) is 8.62. The van der Waals surface area contributed by atoms with E-state index in [1.807, 2.05) is 0 Å². The Bertz CT molecular complexity index is 801. The van der Waals surface area contributed by atoms with Crippen molar-refractivity contribution in [2.75, 3.05) is 25.0 Å². The standard InChI is InChI=1S/C34H60N2/c1-27-16-15-17-28(20-27)36(30-23-33(6,7)26-34(8,9)24-30)19-14-12-11-13-18-35(10)29-21-31(2,3)25-32(4,5)22-29/h15-17,20,29-30H,11-14,18-19,21-26H2,1-10H3. The van der Waals surface area contributed by atoms with Gasteiger partial charge in [0.05, 0.1) is 0 Å². The summed E-state index contributed by atoms with van der Waals surface area (Å²) >= 11 is 0. The van der Waals surface area contributed by atoms with E-state index in [4.69, 9.17) is 0 Å². The Morgan fingerprint density at radius 2 is 1.14 bits per heavy atom. The minimum Gasteiger partial charge on any atom is -0.369 e. The van der Waals surface area contributed by atoms with E-state index in [1.54, 1.807) is 0 Å². The quantitative estimate of drug-likeness (QED) is 0.297. The lowest BCUT2D eigenvalue weighted by Crippen LogP contribution is -2.47. The second kappa shape index (κ2) is 11.4. The highest BCUT2D eigenvalue weighted by Gasteiger charge is 2.41. The van der Waals surface area contributed by atoms with E-state index in [0.717, 1.165) is 6.04 Å². The number of unbranched alkanes of at least 4 members (excludes halogenated alkanes) is 3. The number of aryl methyl sites for hydroxylation is 1. The van der Waals surface area contributed by atoms with E-state index in [2.05, 4.69) is 103 Å². The summed E-state index contributed by atoms with van der Waals surface area (Å²) in [6.07, 6.45) is 13.4. The lowest BCUT2D eigenvalue weighted by atomic mass is 9.63. The molecule has 2 aliphatic rings. The highest BCUT2D eigenvalue weighted by Crippen LogP contribution is 2.48. The van der Waals surface area contributed by atoms with Gasteiger partial charge < -0.3 is 9.80 Å². The van der Waals surface area contributed by atoms with Crippen molar-refractivity contribution in [2.24, 2.45) is 21.7 Å². The van der Waals surface area contributed by atoms with Crippen LogP contribution >= 0.6 is 0 Å². The van der Waals surface area contributed by atoms with Crippen LogP contribution < -0.4 is 4.90 Å². The van der Waals surface area contributed by atoms with Crippen LogP contribution in [0.2, 0.25) is 0 Å². The second-order valence-corrected chi connectivity index (χ2v) is 16.1. The Hall–Kier alpha value is -1.02. The number of rotatable bonds is 10. The van der Waals surface area contributed by atoms with Crippen molar-refractivity contribution >= 4 is 5.69 Å². The Kier molecular flexibility index (Phi) is 9.34. The monoisotopic (exact) mass is 496 g/mol. The summed E-state index contributed by atoms with van der Waals surface area (Å²) < 4.78 is 0. The molecule has 0 saturated heterocycles. The van der Waals surface area contributed by atoms with Crippen LogP contribution in [-0.2, 0) is 0 Å². The number of nitrogens with zero attached hydrogens (tertiary/aromatic N) is 2. The molecule has 0 spiro atoms. The smallest absolute Gasteiger partial charge is 0.0371 e. The molecule has 2 saturated carbocycles. The molecule has 2 fully saturated rings. The van der Waals surface area contributed by atoms with Gasteiger partial charge in [-0.05, 0) is 111 Å². The molecule has 0 heterocycles. The van der Waals surface area contributed by atoms with Crippen molar-refractivity contribution in [1.82, 2.24) is 4.90 Å². The predicted molar refractivity (Wildman–Crippen MR) is 160 cm³/mol. The van der Waals surface area contributed by atoms with E-state index in [9.17, 15) is 0 Å². The number of anilines is 1. The summed E-state index contributed by atoms with van der Waals surface area (Å²) in [5, 5.41) is 0. The molecule has 2 aliphatic carbocycles. The van der Waals surface area contributed by atoms with Gasteiger partial charge in [-0.3, -0.25) is 0 Å². The fraction of sp³-hybridized carbons (Fsp3) is 0.824. The van der Waals surface area contributed by atoms with Gasteiger partial charge in [-0.15, -0.1) is 0 Å². The highest BCUT2D eigenvalue weighted by atomic mass is 15.2. The van der Waals surface area contributed by atoms with E-state index >= 15 is 0 Å². The van der Waals surface area contributed by atoms with Gasteiger partial charge in [0.1, 0.15) is 0 Å². The molecule has 0 aliphatic heterocycles. The summed E-state index contributed by atoms with van der Waals surface area (Å²) in [7, 11) is 2.38. The van der Waals surface area contributed by atoms with E-state index in [-0.39, 0.29) is 0 Å². The molecule has 3 rings (SSSR count). The van der Waals surface area contributed by atoms with Gasteiger partial charge in [0.15, 0.2) is 0 Å². The first-order valence-electron chi connectivity index (χ1n) is 15.1. The molecular weight excluding hydrogens is 436 g/mol. The van der Waals surface area contributed by atoms with Crippen molar-refractivity contribution in [3.05, 3.63) is 29.8 Å². The summed E-state index contributed by atoms with van der Waals surface area (Å²) in [5.41, 5.74) is 4.60. The maximum atomic E-state index is 2.79. The molecule has 0 N–H and O–H groups in total. The SMILES string of the molecule is Cc1cccc(N(CCCCCCN(C)C2CC(C)(C)CC(C)(C)C2)C2CC(C)(C)CC(C)(C)C2)c1. The number of hydrogen-bond acceptors (Lipinski definition) is 2. The zero-order valence-corrected chi connectivity index (χ0v) is 25.8. The third kappa shape index (κ3) is 8.78. The molecule has 206 valence electrons. The third-order valence-electron chi connectivity index (χ3n) is 9.12. The Morgan fingerprint density at radius 1 is 0.667 bits per heavy atom. The summed E-state index contributed by atoms with van der Waals surface area (Å²) in [6.45, 7) is 24.5. The molecule has 1 aromatic carbocycles. The lowest BCUT2D eigenvalue weighted by Gasteiger charge is -2.49. The van der Waals surface area contributed by atoms with Crippen molar-refractivity contribution in [1.29, 1.82) is 0 Å². The van der Waals surface area contributed by atoms with Crippen molar-refractivity contribution in [3.63, 3.8) is 0 Å². The Morgan fingerprint density at radius 3 is 1.64 bits per heavy atom. The average molecular weight is 497 g/mol. The summed E-state index contributed by atoms with van der Waals surface area (Å²) in [4.78, 5) is 5.47. The first kappa shape index (κ1) is 29.5. The molecule has 1 aromatic rings. The maximum Gasteiger partial charge on any atom is 0.0371 e. The Balaban J connectivity index is 1.52. The van der Waals surface area contributed by atoms with Gasteiger partial charge >= 0.3 is 0 Å². The molecule has 0 amide bonds. The van der Waals surface area contributed by atoms with Crippen LogP contribution in [0.15, 0.2) is 24.3 Å². The molecular formula is C34H60N2. The Labute approximate surface area is 225 Å². The molecule has 2 nitrogen and oxygen atoms in total. The van der Waals surface area contributed by atoms with Crippen LogP contribution in [-0.4, -0.2) is 37.1 Å². The van der Waals surface area contributed by atoms with Crippen molar-refractivity contribution in [2.45, 2.75) is 139 Å². The zero-order chi connectivity index (χ0) is 26.8. The van der Waals surface area contributed by atoms with Crippen LogP contribution in [0, 0.1) is 28.6 Å². The molecule has 0 atom stereocenters. The summed E-state index contributed by atoms with van der Waals surface area (Å²) in [5.74, 6) is 0. The van der Waals surface area contributed by atoms with Crippen LogP contribution in [0.4, 0.5) is 5.69 Å². The first-order chi connectivity index (χ1) is 16.6. The van der Waals surface area contributed by atoms with Crippen LogP contribution in [0.25, 0.3) is 0 Å². The largest absolute Gasteiger partial charge is 0.369 e. The van der Waals surface area contributed by atoms with Crippen molar-refractivity contribution in [3.8, 4) is 0 Å². The minimum atomic E-state index is 0.418. The fourth-order valence-electron chi connectivity index (χ4n) is 8.62. The number of hydrogen-bond donors (Lipinski definition) is 0. The number of benzene rings is 1. The summed E-state index contributed by atoms with van der Waals surface area (Å²) in [6, 6.07) is 10.6. The van der Waals surface area contributed by atoms with Gasteiger partial charge in [-0.25, -0.2) is 0 Å². The molecule has 0 unspecified atom stereocenters. The van der Waals surface area contributed by atoms with Gasteiger partial charge in [-0.2, -0.15) is 0 Å². The lowest BCUT2D eigenvalue weighted by molar-refractivity contribution is 0.0349. The first-order valence-corrected chi connectivity index (χ1v) is 15.1. The zero-order valence-electron chi connectivity index (χ0n) is 25.8.